The van der Waals surface area contributed by atoms with Gasteiger partial charge in [-0.2, -0.15) is 0 Å². The maximum Gasteiger partial charge on any atom is 0.354 e. The smallest absolute Gasteiger partial charge is 0.354 e. The first-order valence-electron chi connectivity index (χ1n) is 11.6. The van der Waals surface area contributed by atoms with Gasteiger partial charge >= 0.3 is 5.97 Å². The second-order valence-electron chi connectivity index (χ2n) is 8.41. The highest BCUT2D eigenvalue weighted by molar-refractivity contribution is 6.46. The van der Waals surface area contributed by atoms with Crippen molar-refractivity contribution < 1.29 is 29.0 Å². The van der Waals surface area contributed by atoms with Crippen LogP contribution in [0.4, 0.5) is 0 Å². The van der Waals surface area contributed by atoms with Crippen molar-refractivity contribution in [1.82, 2.24) is 14.8 Å². The molecule has 9 heteroatoms. The third-order valence-electron chi connectivity index (χ3n) is 6.56. The Kier molecular flexibility index (Phi) is 8.01. The van der Waals surface area contributed by atoms with E-state index in [1.54, 1.807) is 38.1 Å². The van der Waals surface area contributed by atoms with E-state index in [-0.39, 0.29) is 17.0 Å². The highest BCUT2D eigenvalue weighted by Gasteiger charge is 2.46. The summed E-state index contributed by atoms with van der Waals surface area (Å²) in [7, 11) is 2.80. The molecular weight excluding hydrogens is 450 g/mol. The predicted octanol–water partition coefficient (Wildman–Crippen LogP) is 3.19. The van der Waals surface area contributed by atoms with Crippen LogP contribution in [0.3, 0.4) is 0 Å². The number of aliphatic hydroxyl groups excluding tert-OH is 1. The topological polar surface area (TPSA) is 112 Å². The first-order valence-corrected chi connectivity index (χ1v) is 11.6. The van der Waals surface area contributed by atoms with Crippen molar-refractivity contribution in [2.45, 2.75) is 33.7 Å². The minimum Gasteiger partial charge on any atom is -0.507 e. The van der Waals surface area contributed by atoms with Crippen LogP contribution in [0.1, 0.15) is 52.8 Å². The molecule has 0 aliphatic carbocycles. The van der Waals surface area contributed by atoms with Crippen molar-refractivity contribution in [3.63, 3.8) is 0 Å². The number of H-pyrrole nitrogens is 1. The summed E-state index contributed by atoms with van der Waals surface area (Å²) in [4.78, 5) is 45.3. The molecule has 1 aliphatic rings. The Labute approximate surface area is 205 Å². The number of Topliss-reactive ketones (excluding diaryl/α,β-unsaturated/α-hetero) is 1. The zero-order valence-corrected chi connectivity index (χ0v) is 21.1. The number of carbonyl (C=O) groups excluding carboxylic acids is 3. The van der Waals surface area contributed by atoms with Gasteiger partial charge in [-0.25, -0.2) is 4.79 Å². The molecule has 1 aromatic carbocycles. The normalized spacial score (nSPS) is 17.3. The van der Waals surface area contributed by atoms with Crippen molar-refractivity contribution in [3.8, 4) is 5.75 Å². The maximum absolute atomic E-state index is 13.3. The Morgan fingerprint density at radius 3 is 2.46 bits per heavy atom. The van der Waals surface area contributed by atoms with Crippen molar-refractivity contribution in [2.24, 2.45) is 0 Å². The standard InChI is InChI=1S/C26H33N3O6/c1-7-28(8-2)12-13-29-22(17-10-9-11-18(14-17)34-5)20(24(31)25(29)32)23(30)19-15(3)21(26(33)35-6)27-16(19)4/h9-11,14,22,27,30H,7-8,12-13H2,1-6H3/b23-20+/t22-/m0/s1. The molecule has 35 heavy (non-hydrogen) atoms. The molecule has 0 saturated carbocycles. The van der Waals surface area contributed by atoms with Crippen LogP contribution in [-0.4, -0.2) is 77.9 Å². The van der Waals surface area contributed by atoms with Gasteiger partial charge in [-0.05, 0) is 50.2 Å². The summed E-state index contributed by atoms with van der Waals surface area (Å²) in [5.41, 5.74) is 2.03. The number of ether oxygens (including phenoxy) is 2. The lowest BCUT2D eigenvalue weighted by Crippen LogP contribution is -2.38. The number of aromatic nitrogens is 1. The minimum atomic E-state index is -0.809. The molecule has 3 rings (SSSR count). The Morgan fingerprint density at radius 1 is 1.17 bits per heavy atom. The molecular formula is C26H33N3O6. The molecule has 1 aromatic heterocycles. The number of esters is 1. The van der Waals surface area contributed by atoms with Crippen molar-refractivity contribution >= 4 is 23.4 Å². The molecule has 2 N–H and O–H groups in total. The Hall–Kier alpha value is -3.59. The van der Waals surface area contributed by atoms with Crippen LogP contribution in [0.15, 0.2) is 29.8 Å². The molecule has 0 spiro atoms. The largest absolute Gasteiger partial charge is 0.507 e. The summed E-state index contributed by atoms with van der Waals surface area (Å²) in [6.45, 7) is 9.91. The van der Waals surface area contributed by atoms with Crippen LogP contribution in [-0.2, 0) is 14.3 Å². The van der Waals surface area contributed by atoms with E-state index in [1.807, 2.05) is 13.8 Å². The van der Waals surface area contributed by atoms with Gasteiger partial charge < -0.3 is 29.4 Å². The van der Waals surface area contributed by atoms with Crippen LogP contribution >= 0.6 is 0 Å². The first kappa shape index (κ1) is 26.0. The number of nitrogens with one attached hydrogen (secondary N) is 1. The monoisotopic (exact) mass is 483 g/mol. The minimum absolute atomic E-state index is 0.0237. The SMILES string of the molecule is CCN(CC)CCN1C(=O)C(=O)/C(=C(/O)c2c(C)[nH]c(C(=O)OC)c2C)[C@@H]1c1cccc(OC)c1. The number of rotatable bonds is 9. The number of ketones is 1. The van der Waals surface area contributed by atoms with E-state index in [0.717, 1.165) is 13.1 Å². The van der Waals surface area contributed by atoms with Gasteiger partial charge in [0.2, 0.25) is 0 Å². The van der Waals surface area contributed by atoms with Gasteiger partial charge in [0, 0.05) is 24.3 Å². The molecule has 188 valence electrons. The number of nitrogens with zero attached hydrogens (tertiary/aromatic N) is 2. The molecule has 1 atom stereocenters. The Morgan fingerprint density at radius 2 is 1.86 bits per heavy atom. The van der Waals surface area contributed by atoms with Crippen LogP contribution < -0.4 is 4.74 Å². The van der Waals surface area contributed by atoms with Crippen LogP contribution in [0.25, 0.3) is 5.76 Å². The quantitative estimate of drug-likeness (QED) is 0.244. The van der Waals surface area contributed by atoms with E-state index in [9.17, 15) is 19.5 Å². The van der Waals surface area contributed by atoms with Crippen molar-refractivity contribution in [2.75, 3.05) is 40.4 Å². The molecule has 1 saturated heterocycles. The third kappa shape index (κ3) is 4.81. The zero-order valence-electron chi connectivity index (χ0n) is 21.1. The average Bonchev–Trinajstić information content (AvgIpc) is 3.30. The summed E-state index contributed by atoms with van der Waals surface area (Å²) in [5.74, 6) is -1.80. The second kappa shape index (κ2) is 10.8. The highest BCUT2D eigenvalue weighted by Crippen LogP contribution is 2.41. The van der Waals surface area contributed by atoms with E-state index in [2.05, 4.69) is 9.88 Å². The average molecular weight is 484 g/mol. The number of likely N-dealkylation sites (tertiary alicyclic amines) is 1. The number of aliphatic hydroxyl groups is 1. The lowest BCUT2D eigenvalue weighted by molar-refractivity contribution is -0.140. The van der Waals surface area contributed by atoms with Gasteiger partial charge in [-0.1, -0.05) is 26.0 Å². The van der Waals surface area contributed by atoms with Gasteiger partial charge in [0.05, 0.1) is 25.8 Å². The van der Waals surface area contributed by atoms with Crippen LogP contribution in [0, 0.1) is 13.8 Å². The number of benzene rings is 1. The number of hydrogen-bond donors (Lipinski definition) is 2. The molecule has 9 nitrogen and oxygen atoms in total. The van der Waals surface area contributed by atoms with E-state index in [0.29, 0.717) is 41.2 Å². The second-order valence-corrected chi connectivity index (χ2v) is 8.41. The van der Waals surface area contributed by atoms with E-state index < -0.39 is 23.7 Å². The highest BCUT2D eigenvalue weighted by atomic mass is 16.5. The molecule has 0 unspecified atom stereocenters. The summed E-state index contributed by atoms with van der Waals surface area (Å²) in [6.07, 6.45) is 0. The van der Waals surface area contributed by atoms with E-state index in [1.165, 1.54) is 19.1 Å². The maximum atomic E-state index is 13.3. The van der Waals surface area contributed by atoms with E-state index in [4.69, 9.17) is 9.47 Å². The van der Waals surface area contributed by atoms with E-state index >= 15 is 0 Å². The lowest BCUT2D eigenvalue weighted by Gasteiger charge is -2.28. The van der Waals surface area contributed by atoms with Crippen LogP contribution in [0.5, 0.6) is 5.75 Å². The molecule has 2 aromatic rings. The summed E-state index contributed by atoms with van der Waals surface area (Å²) in [6, 6.07) is 6.30. The fourth-order valence-corrected chi connectivity index (χ4v) is 4.60. The number of aromatic amines is 1. The Balaban J connectivity index is 2.20. The number of aryl methyl sites for hydroxylation is 1. The number of carbonyl (C=O) groups is 3. The number of likely N-dealkylation sites (N-methyl/N-ethyl adjacent to an activating group) is 1. The summed E-state index contributed by atoms with van der Waals surface area (Å²) < 4.78 is 10.2. The molecule has 1 amide bonds. The summed E-state index contributed by atoms with van der Waals surface area (Å²) >= 11 is 0. The molecule has 2 heterocycles. The van der Waals surface area contributed by atoms with Gasteiger partial charge in [0.1, 0.15) is 17.2 Å². The van der Waals surface area contributed by atoms with Crippen LogP contribution in [0.2, 0.25) is 0 Å². The van der Waals surface area contributed by atoms with Crippen molar-refractivity contribution in [1.29, 1.82) is 0 Å². The molecule has 1 fully saturated rings. The fourth-order valence-electron chi connectivity index (χ4n) is 4.60. The zero-order chi connectivity index (χ0) is 25.9. The lowest BCUT2D eigenvalue weighted by atomic mass is 9.94. The van der Waals surface area contributed by atoms with Crippen molar-refractivity contribution in [3.05, 3.63) is 57.9 Å². The number of methoxy groups -OCH3 is 2. The van der Waals surface area contributed by atoms with Gasteiger partial charge in [-0.15, -0.1) is 0 Å². The molecule has 0 radical (unpaired) electrons. The predicted molar refractivity (Wildman–Crippen MR) is 131 cm³/mol. The molecule has 0 bridgehead atoms. The Bertz CT molecular complexity index is 1160. The first-order chi connectivity index (χ1) is 16.7. The fraction of sp³-hybridized carbons (Fsp3) is 0.423. The number of hydrogen-bond acceptors (Lipinski definition) is 7. The summed E-state index contributed by atoms with van der Waals surface area (Å²) in [5, 5.41) is 11.4. The van der Waals surface area contributed by atoms with Gasteiger partial charge in [-0.3, -0.25) is 9.59 Å². The van der Waals surface area contributed by atoms with Gasteiger partial charge in [0.15, 0.2) is 0 Å². The van der Waals surface area contributed by atoms with Gasteiger partial charge in [0.25, 0.3) is 11.7 Å². The molecule has 1 aliphatic heterocycles. The third-order valence-corrected chi connectivity index (χ3v) is 6.56. The number of amides is 1.